The second-order valence-corrected chi connectivity index (χ2v) is 7.90. The van der Waals surface area contributed by atoms with E-state index in [1.807, 2.05) is 17.9 Å². The summed E-state index contributed by atoms with van der Waals surface area (Å²) in [7, 11) is 1.96. The highest BCUT2D eigenvalue weighted by molar-refractivity contribution is 14.0. The van der Waals surface area contributed by atoms with E-state index >= 15 is 0 Å². The fourth-order valence-corrected chi connectivity index (χ4v) is 3.74. The van der Waals surface area contributed by atoms with Crippen LogP contribution >= 0.6 is 24.0 Å². The van der Waals surface area contributed by atoms with Gasteiger partial charge in [-0.2, -0.15) is 5.10 Å². The monoisotopic (exact) mass is 524 g/mol. The maximum absolute atomic E-state index is 4.75. The molecule has 1 saturated heterocycles. The molecule has 1 aliphatic heterocycles. The lowest BCUT2D eigenvalue weighted by Gasteiger charge is -2.26. The Hall–Kier alpha value is -1.61. The highest BCUT2D eigenvalue weighted by atomic mass is 127. The van der Waals surface area contributed by atoms with E-state index < -0.39 is 0 Å². The maximum atomic E-state index is 4.75. The van der Waals surface area contributed by atoms with Crippen molar-refractivity contribution in [3.63, 3.8) is 0 Å². The van der Waals surface area contributed by atoms with Gasteiger partial charge in [-0.1, -0.05) is 30.7 Å². The number of benzene rings is 1. The summed E-state index contributed by atoms with van der Waals surface area (Å²) >= 11 is 0. The minimum atomic E-state index is 0. The number of rotatable bonds is 9. The number of hydrogen-bond acceptors (Lipinski definition) is 3. The fourth-order valence-electron chi connectivity index (χ4n) is 3.74. The first-order chi connectivity index (χ1) is 14.2. The van der Waals surface area contributed by atoms with Gasteiger partial charge < -0.3 is 10.6 Å². The van der Waals surface area contributed by atoms with Crippen molar-refractivity contribution in [1.29, 1.82) is 0 Å². The Balaban J connectivity index is 0.00000320. The van der Waals surface area contributed by atoms with E-state index in [0.717, 1.165) is 38.4 Å². The quantitative estimate of drug-likeness (QED) is 0.227. The number of aryl methyl sites for hydroxylation is 2. The molecule has 1 aromatic heterocycles. The summed E-state index contributed by atoms with van der Waals surface area (Å²) in [4.78, 5) is 7.31. The molecular weight excluding hydrogens is 487 g/mol. The molecule has 2 heterocycles. The highest BCUT2D eigenvalue weighted by Gasteiger charge is 2.10. The van der Waals surface area contributed by atoms with Gasteiger partial charge in [0.1, 0.15) is 0 Å². The van der Waals surface area contributed by atoms with E-state index in [0.29, 0.717) is 6.54 Å². The van der Waals surface area contributed by atoms with Gasteiger partial charge in [-0.15, -0.1) is 24.0 Å². The third-order valence-corrected chi connectivity index (χ3v) is 5.33. The first-order valence-corrected chi connectivity index (χ1v) is 11.0. The van der Waals surface area contributed by atoms with Gasteiger partial charge in [0.05, 0.1) is 12.7 Å². The second kappa shape index (κ2) is 13.6. The smallest absolute Gasteiger partial charge is 0.191 e. The van der Waals surface area contributed by atoms with E-state index in [1.54, 1.807) is 0 Å². The molecule has 3 rings (SSSR count). The SMILES string of the molecule is CCNC(=NCc1ccc(CN2CCCCC2)cc1)NCCCc1cnn(C)c1.I. The fraction of sp³-hybridized carbons (Fsp3) is 0.565. The van der Waals surface area contributed by atoms with Gasteiger partial charge >= 0.3 is 0 Å². The molecule has 0 amide bonds. The average molecular weight is 524 g/mol. The summed E-state index contributed by atoms with van der Waals surface area (Å²) in [6.07, 6.45) is 10.2. The van der Waals surface area contributed by atoms with Crippen molar-refractivity contribution in [3.05, 3.63) is 53.3 Å². The van der Waals surface area contributed by atoms with Gasteiger partial charge in [0, 0.05) is 32.9 Å². The van der Waals surface area contributed by atoms with E-state index in [2.05, 4.69) is 58.0 Å². The van der Waals surface area contributed by atoms with Gasteiger partial charge in [0.2, 0.25) is 0 Å². The van der Waals surface area contributed by atoms with Crippen molar-refractivity contribution in [2.24, 2.45) is 12.0 Å². The van der Waals surface area contributed by atoms with Crippen LogP contribution in [0.5, 0.6) is 0 Å². The lowest BCUT2D eigenvalue weighted by molar-refractivity contribution is 0.221. The van der Waals surface area contributed by atoms with Crippen molar-refractivity contribution in [2.45, 2.75) is 52.1 Å². The molecule has 6 nitrogen and oxygen atoms in total. The molecule has 7 heteroatoms. The minimum Gasteiger partial charge on any atom is -0.357 e. The van der Waals surface area contributed by atoms with Crippen molar-refractivity contribution in [3.8, 4) is 0 Å². The standard InChI is InChI=1S/C23H36N6.HI/c1-3-24-23(25-13-7-8-22-17-27-28(2)18-22)26-16-20-9-11-21(12-10-20)19-29-14-5-4-6-15-29;/h9-12,17-18H,3-8,13-16,19H2,1-2H3,(H2,24,25,26);1H. The Kier molecular flexibility index (Phi) is 11.2. The molecule has 0 bridgehead atoms. The molecule has 0 atom stereocenters. The largest absolute Gasteiger partial charge is 0.357 e. The molecule has 30 heavy (non-hydrogen) atoms. The molecule has 1 aliphatic rings. The van der Waals surface area contributed by atoms with Gasteiger partial charge in [0.15, 0.2) is 5.96 Å². The van der Waals surface area contributed by atoms with Gasteiger partial charge in [0.25, 0.3) is 0 Å². The summed E-state index contributed by atoms with van der Waals surface area (Å²) in [5, 5.41) is 11.0. The predicted molar refractivity (Wildman–Crippen MR) is 135 cm³/mol. The van der Waals surface area contributed by atoms with Crippen LogP contribution in [0.15, 0.2) is 41.7 Å². The van der Waals surface area contributed by atoms with Gasteiger partial charge in [-0.25, -0.2) is 4.99 Å². The molecule has 2 N–H and O–H groups in total. The van der Waals surface area contributed by atoms with Crippen LogP contribution in [0.4, 0.5) is 0 Å². The number of aromatic nitrogens is 2. The van der Waals surface area contributed by atoms with Crippen LogP contribution in [0, 0.1) is 0 Å². The summed E-state index contributed by atoms with van der Waals surface area (Å²) < 4.78 is 1.85. The zero-order valence-electron chi connectivity index (χ0n) is 18.4. The van der Waals surface area contributed by atoms with E-state index in [9.17, 15) is 0 Å². The lowest BCUT2D eigenvalue weighted by Crippen LogP contribution is -2.37. The number of aliphatic imine (C=N–C) groups is 1. The van der Waals surface area contributed by atoms with Crippen LogP contribution in [0.1, 0.15) is 49.3 Å². The third-order valence-electron chi connectivity index (χ3n) is 5.33. The Morgan fingerprint density at radius 3 is 2.43 bits per heavy atom. The Labute approximate surface area is 198 Å². The topological polar surface area (TPSA) is 57.5 Å². The minimum absolute atomic E-state index is 0. The van der Waals surface area contributed by atoms with Crippen molar-refractivity contribution < 1.29 is 0 Å². The Bertz CT molecular complexity index is 749. The van der Waals surface area contributed by atoms with Crippen molar-refractivity contribution in [2.75, 3.05) is 26.2 Å². The number of nitrogens with zero attached hydrogens (tertiary/aromatic N) is 4. The zero-order chi connectivity index (χ0) is 20.3. The van der Waals surface area contributed by atoms with Gasteiger partial charge in [-0.3, -0.25) is 9.58 Å². The van der Waals surface area contributed by atoms with Crippen molar-refractivity contribution >= 4 is 29.9 Å². The molecule has 0 unspecified atom stereocenters. The van der Waals surface area contributed by atoms with Crippen LogP contribution in [-0.4, -0.2) is 46.8 Å². The van der Waals surface area contributed by atoms with Crippen LogP contribution < -0.4 is 10.6 Å². The van der Waals surface area contributed by atoms with Crippen molar-refractivity contribution in [1.82, 2.24) is 25.3 Å². The molecule has 1 aromatic carbocycles. The highest BCUT2D eigenvalue weighted by Crippen LogP contribution is 2.14. The molecule has 0 aliphatic carbocycles. The Morgan fingerprint density at radius 1 is 1.03 bits per heavy atom. The number of likely N-dealkylation sites (tertiary alicyclic amines) is 1. The van der Waals surface area contributed by atoms with E-state index in [4.69, 9.17) is 4.99 Å². The van der Waals surface area contributed by atoms with Crippen LogP contribution in [-0.2, 0) is 26.6 Å². The molecule has 1 fully saturated rings. The third kappa shape index (κ3) is 8.63. The van der Waals surface area contributed by atoms with Crippen LogP contribution in [0.3, 0.4) is 0 Å². The molecule has 166 valence electrons. The molecule has 0 spiro atoms. The number of hydrogen-bond donors (Lipinski definition) is 2. The first-order valence-electron chi connectivity index (χ1n) is 11.0. The molecular formula is C23H37IN6. The molecule has 2 aromatic rings. The summed E-state index contributed by atoms with van der Waals surface area (Å²) in [5.41, 5.74) is 3.93. The summed E-state index contributed by atoms with van der Waals surface area (Å²) in [5.74, 6) is 0.885. The van der Waals surface area contributed by atoms with E-state index in [1.165, 1.54) is 49.0 Å². The number of guanidine groups is 1. The summed E-state index contributed by atoms with van der Waals surface area (Å²) in [6.45, 7) is 8.11. The average Bonchev–Trinajstić information content (AvgIpc) is 3.16. The van der Waals surface area contributed by atoms with Gasteiger partial charge in [-0.05, 0) is 62.4 Å². The lowest BCUT2D eigenvalue weighted by atomic mass is 10.1. The normalized spacial score (nSPS) is 14.9. The number of piperidine rings is 1. The number of nitrogens with one attached hydrogen (secondary N) is 2. The molecule has 0 radical (unpaired) electrons. The van der Waals surface area contributed by atoms with Crippen LogP contribution in [0.25, 0.3) is 0 Å². The molecule has 0 saturated carbocycles. The maximum Gasteiger partial charge on any atom is 0.191 e. The Morgan fingerprint density at radius 2 is 1.77 bits per heavy atom. The zero-order valence-corrected chi connectivity index (χ0v) is 20.8. The predicted octanol–water partition coefficient (Wildman–Crippen LogP) is 3.71. The second-order valence-electron chi connectivity index (χ2n) is 7.90. The first kappa shape index (κ1) is 24.7. The van der Waals surface area contributed by atoms with E-state index in [-0.39, 0.29) is 24.0 Å². The number of halogens is 1. The van der Waals surface area contributed by atoms with Crippen LogP contribution in [0.2, 0.25) is 0 Å². The summed E-state index contributed by atoms with van der Waals surface area (Å²) in [6, 6.07) is 8.95.